The van der Waals surface area contributed by atoms with Crippen LogP contribution in [0.2, 0.25) is 0 Å². The number of benzene rings is 2. The van der Waals surface area contributed by atoms with Gasteiger partial charge in [-0.25, -0.2) is 0 Å². The van der Waals surface area contributed by atoms with Gasteiger partial charge in [-0.3, -0.25) is 14.8 Å². The molecule has 0 bridgehead atoms. The summed E-state index contributed by atoms with van der Waals surface area (Å²) < 4.78 is 39.5. The van der Waals surface area contributed by atoms with Crippen molar-refractivity contribution >= 4 is 5.91 Å². The number of halogens is 3. The van der Waals surface area contributed by atoms with Crippen molar-refractivity contribution in [3.8, 4) is 11.3 Å². The van der Waals surface area contributed by atoms with Gasteiger partial charge in [0.25, 0.3) is 0 Å². The van der Waals surface area contributed by atoms with E-state index in [2.05, 4.69) is 9.97 Å². The average Bonchev–Trinajstić information content (AvgIpc) is 2.79. The minimum absolute atomic E-state index is 0.0420. The van der Waals surface area contributed by atoms with Crippen LogP contribution in [0.1, 0.15) is 35.6 Å². The molecule has 0 radical (unpaired) electrons. The van der Waals surface area contributed by atoms with Crippen LogP contribution in [0.5, 0.6) is 0 Å². The summed E-state index contributed by atoms with van der Waals surface area (Å²) in [5, 5.41) is 0. The SMILES string of the molecule is O=C(Cc1ccccc1)N1CCC[C@H](c2nccnc2-c2cccc(C(F)(F)F)c2)C1. The van der Waals surface area contributed by atoms with Gasteiger partial charge in [-0.05, 0) is 30.5 Å². The summed E-state index contributed by atoms with van der Waals surface area (Å²) in [6.07, 6.45) is 0.555. The summed E-state index contributed by atoms with van der Waals surface area (Å²) in [5.74, 6) is -0.0351. The Hall–Kier alpha value is -3.22. The molecule has 2 heterocycles. The van der Waals surface area contributed by atoms with Gasteiger partial charge in [0.05, 0.1) is 23.4 Å². The number of carbonyl (C=O) groups excluding carboxylic acids is 1. The Kier molecular flexibility index (Phi) is 6.02. The molecular formula is C24H22F3N3O. The summed E-state index contributed by atoms with van der Waals surface area (Å²) in [6, 6.07) is 14.7. The Balaban J connectivity index is 1.57. The van der Waals surface area contributed by atoms with E-state index in [1.54, 1.807) is 12.3 Å². The van der Waals surface area contributed by atoms with Crippen LogP contribution in [-0.4, -0.2) is 33.9 Å². The topological polar surface area (TPSA) is 46.1 Å². The van der Waals surface area contributed by atoms with E-state index < -0.39 is 11.7 Å². The Morgan fingerprint density at radius 1 is 1.03 bits per heavy atom. The van der Waals surface area contributed by atoms with Gasteiger partial charge in [0.2, 0.25) is 5.91 Å². The van der Waals surface area contributed by atoms with Crippen molar-refractivity contribution in [1.82, 2.24) is 14.9 Å². The van der Waals surface area contributed by atoms with Crippen LogP contribution in [0.15, 0.2) is 67.0 Å². The summed E-state index contributed by atoms with van der Waals surface area (Å²) in [4.78, 5) is 23.5. The minimum atomic E-state index is -4.43. The fraction of sp³-hybridized carbons (Fsp3) is 0.292. The molecule has 1 aliphatic rings. The van der Waals surface area contributed by atoms with Gasteiger partial charge in [-0.2, -0.15) is 13.2 Å². The number of hydrogen-bond acceptors (Lipinski definition) is 3. The summed E-state index contributed by atoms with van der Waals surface area (Å²) in [5.41, 5.74) is 1.70. The van der Waals surface area contributed by atoms with Crippen molar-refractivity contribution in [2.45, 2.75) is 31.4 Å². The average molecular weight is 425 g/mol. The van der Waals surface area contributed by atoms with Gasteiger partial charge in [-0.15, -0.1) is 0 Å². The number of amides is 1. The number of aromatic nitrogens is 2. The van der Waals surface area contributed by atoms with E-state index in [9.17, 15) is 18.0 Å². The predicted octanol–water partition coefficient (Wildman–Crippen LogP) is 5.11. The Labute approximate surface area is 178 Å². The zero-order valence-corrected chi connectivity index (χ0v) is 16.8. The maximum absolute atomic E-state index is 13.2. The van der Waals surface area contributed by atoms with E-state index in [1.807, 2.05) is 35.2 Å². The van der Waals surface area contributed by atoms with Crippen LogP contribution in [0, 0.1) is 0 Å². The molecule has 0 saturated carbocycles. The van der Waals surface area contributed by atoms with E-state index in [4.69, 9.17) is 0 Å². The molecule has 0 N–H and O–H groups in total. The van der Waals surface area contributed by atoms with Gasteiger partial charge in [0.15, 0.2) is 0 Å². The number of nitrogens with zero attached hydrogens (tertiary/aromatic N) is 3. The van der Waals surface area contributed by atoms with E-state index >= 15 is 0 Å². The number of likely N-dealkylation sites (tertiary alicyclic amines) is 1. The fourth-order valence-corrected chi connectivity index (χ4v) is 4.02. The van der Waals surface area contributed by atoms with E-state index in [0.717, 1.165) is 30.5 Å². The highest BCUT2D eigenvalue weighted by Gasteiger charge is 2.32. The Morgan fingerprint density at radius 2 is 1.81 bits per heavy atom. The zero-order valence-electron chi connectivity index (χ0n) is 16.8. The van der Waals surface area contributed by atoms with Crippen molar-refractivity contribution in [1.29, 1.82) is 0 Å². The largest absolute Gasteiger partial charge is 0.416 e. The first-order chi connectivity index (χ1) is 14.9. The van der Waals surface area contributed by atoms with Gasteiger partial charge in [-0.1, -0.05) is 42.5 Å². The van der Waals surface area contributed by atoms with Crippen LogP contribution in [0.4, 0.5) is 13.2 Å². The first kappa shape index (κ1) is 21.0. The van der Waals surface area contributed by atoms with Crippen LogP contribution < -0.4 is 0 Å². The highest BCUT2D eigenvalue weighted by Crippen LogP contribution is 2.35. The molecule has 1 aromatic heterocycles. The van der Waals surface area contributed by atoms with Gasteiger partial charge in [0, 0.05) is 37.0 Å². The smallest absolute Gasteiger partial charge is 0.342 e. The molecule has 1 atom stereocenters. The molecule has 4 nitrogen and oxygen atoms in total. The molecule has 1 fully saturated rings. The van der Waals surface area contributed by atoms with Crippen molar-refractivity contribution < 1.29 is 18.0 Å². The lowest BCUT2D eigenvalue weighted by molar-refractivity contribution is -0.137. The minimum Gasteiger partial charge on any atom is -0.342 e. The molecule has 160 valence electrons. The molecule has 31 heavy (non-hydrogen) atoms. The first-order valence-electron chi connectivity index (χ1n) is 10.2. The number of carbonyl (C=O) groups is 1. The number of rotatable bonds is 4. The molecule has 0 aliphatic carbocycles. The predicted molar refractivity (Wildman–Crippen MR) is 111 cm³/mol. The monoisotopic (exact) mass is 425 g/mol. The van der Waals surface area contributed by atoms with Crippen molar-refractivity contribution in [2.24, 2.45) is 0 Å². The molecule has 2 aromatic carbocycles. The molecule has 1 aliphatic heterocycles. The lowest BCUT2D eigenvalue weighted by atomic mass is 9.91. The fourth-order valence-electron chi connectivity index (χ4n) is 4.02. The molecule has 0 unspecified atom stereocenters. The third kappa shape index (κ3) is 4.93. The summed E-state index contributed by atoms with van der Waals surface area (Å²) in [7, 11) is 0. The molecule has 7 heteroatoms. The second kappa shape index (κ2) is 8.88. The third-order valence-corrected chi connectivity index (χ3v) is 5.55. The van der Waals surface area contributed by atoms with Crippen LogP contribution in [0.3, 0.4) is 0 Å². The summed E-state index contributed by atoms with van der Waals surface area (Å²) >= 11 is 0. The first-order valence-corrected chi connectivity index (χ1v) is 10.2. The molecule has 1 saturated heterocycles. The van der Waals surface area contributed by atoms with Gasteiger partial charge in [0.1, 0.15) is 0 Å². The normalized spacial score (nSPS) is 16.9. The van der Waals surface area contributed by atoms with Crippen LogP contribution in [0.25, 0.3) is 11.3 Å². The Bertz CT molecular complexity index is 1050. The third-order valence-electron chi connectivity index (χ3n) is 5.55. The highest BCUT2D eigenvalue weighted by atomic mass is 19.4. The van der Waals surface area contributed by atoms with Crippen molar-refractivity contribution in [3.63, 3.8) is 0 Å². The van der Waals surface area contributed by atoms with Crippen LogP contribution >= 0.6 is 0 Å². The lowest BCUT2D eigenvalue weighted by Gasteiger charge is -2.33. The van der Waals surface area contributed by atoms with Crippen molar-refractivity contribution in [3.05, 3.63) is 83.8 Å². The molecule has 1 amide bonds. The molecule has 3 aromatic rings. The second-order valence-corrected chi connectivity index (χ2v) is 7.71. The lowest BCUT2D eigenvalue weighted by Crippen LogP contribution is -2.40. The number of piperidine rings is 1. The summed E-state index contributed by atoms with van der Waals surface area (Å²) in [6.45, 7) is 1.15. The maximum Gasteiger partial charge on any atom is 0.416 e. The van der Waals surface area contributed by atoms with Gasteiger partial charge >= 0.3 is 6.18 Å². The second-order valence-electron chi connectivity index (χ2n) is 7.71. The number of alkyl halides is 3. The zero-order chi connectivity index (χ0) is 21.8. The van der Waals surface area contributed by atoms with E-state index in [-0.39, 0.29) is 11.8 Å². The standard InChI is InChI=1S/C24H22F3N3O/c25-24(26,27)20-10-4-8-18(15-20)22-23(29-12-11-28-22)19-9-5-13-30(16-19)21(31)14-17-6-2-1-3-7-17/h1-4,6-8,10-12,15,19H,5,9,13-14,16H2/t19-/m0/s1. The van der Waals surface area contributed by atoms with Crippen LogP contribution in [-0.2, 0) is 17.4 Å². The quantitative estimate of drug-likeness (QED) is 0.584. The molecule has 0 spiro atoms. The van der Waals surface area contributed by atoms with Crippen molar-refractivity contribution in [2.75, 3.05) is 13.1 Å². The van der Waals surface area contributed by atoms with E-state index in [0.29, 0.717) is 36.5 Å². The Morgan fingerprint density at radius 3 is 2.58 bits per heavy atom. The van der Waals surface area contributed by atoms with E-state index in [1.165, 1.54) is 12.3 Å². The maximum atomic E-state index is 13.2. The molecular weight excluding hydrogens is 403 g/mol. The highest BCUT2D eigenvalue weighted by molar-refractivity contribution is 5.79. The molecule has 4 rings (SSSR count). The number of hydrogen-bond donors (Lipinski definition) is 0. The van der Waals surface area contributed by atoms with Gasteiger partial charge < -0.3 is 4.90 Å².